The lowest BCUT2D eigenvalue weighted by Gasteiger charge is -2.00. The third-order valence-corrected chi connectivity index (χ3v) is 3.09. The molecule has 0 aliphatic carbocycles. The van der Waals surface area contributed by atoms with Crippen LogP contribution in [0, 0.1) is 0 Å². The molecule has 0 aromatic carbocycles. The predicted octanol–water partition coefficient (Wildman–Crippen LogP) is 2.13. The van der Waals surface area contributed by atoms with Crippen molar-refractivity contribution in [3.05, 3.63) is 22.4 Å². The number of thiophene rings is 1. The normalized spacial score (nSPS) is 9.42. The summed E-state index contributed by atoms with van der Waals surface area (Å²) < 4.78 is 0.508. The van der Waals surface area contributed by atoms with Crippen molar-refractivity contribution in [1.82, 2.24) is 5.32 Å². The van der Waals surface area contributed by atoms with Crippen molar-refractivity contribution in [3.63, 3.8) is 0 Å². The van der Waals surface area contributed by atoms with Gasteiger partial charge in [0.25, 0.3) is 5.91 Å². The minimum atomic E-state index is -0.121. The minimum absolute atomic E-state index is 0.121. The van der Waals surface area contributed by atoms with Gasteiger partial charge >= 0.3 is 0 Å². The lowest BCUT2D eigenvalue weighted by Crippen LogP contribution is -2.25. The Balaban J connectivity index is 2.56. The van der Waals surface area contributed by atoms with E-state index in [0.717, 1.165) is 0 Å². The summed E-state index contributed by atoms with van der Waals surface area (Å²) in [5.41, 5.74) is 0. The minimum Gasteiger partial charge on any atom is -0.307 e. The van der Waals surface area contributed by atoms with Crippen molar-refractivity contribution in [2.24, 2.45) is 0 Å². The van der Waals surface area contributed by atoms with Crippen molar-refractivity contribution in [1.29, 1.82) is 0 Å². The highest BCUT2D eigenvalue weighted by atomic mass is 32.2. The fraction of sp³-hybridized carbons (Fsp3) is 0.143. The van der Waals surface area contributed by atoms with E-state index in [1.54, 1.807) is 6.07 Å². The van der Waals surface area contributed by atoms with Crippen LogP contribution < -0.4 is 5.32 Å². The molecule has 1 rings (SSSR count). The van der Waals surface area contributed by atoms with Crippen molar-refractivity contribution >= 4 is 45.5 Å². The zero-order chi connectivity index (χ0) is 8.97. The smallest absolute Gasteiger partial charge is 0.266 e. The number of nitrogens with one attached hydrogen (secondary N) is 1. The highest BCUT2D eigenvalue weighted by molar-refractivity contribution is 8.22. The first-order valence-electron chi connectivity index (χ1n) is 3.17. The fourth-order valence-electron chi connectivity index (χ4n) is 0.613. The van der Waals surface area contributed by atoms with Gasteiger partial charge in [0.05, 0.1) is 4.88 Å². The Morgan fingerprint density at radius 2 is 2.50 bits per heavy atom. The van der Waals surface area contributed by atoms with E-state index in [9.17, 15) is 4.79 Å². The summed E-state index contributed by atoms with van der Waals surface area (Å²) in [7, 11) is 0. The van der Waals surface area contributed by atoms with Gasteiger partial charge in [-0.15, -0.1) is 23.1 Å². The van der Waals surface area contributed by atoms with Gasteiger partial charge in [0.1, 0.15) is 4.32 Å². The third-order valence-electron chi connectivity index (χ3n) is 1.15. The molecule has 0 bridgehead atoms. The molecule has 1 heterocycles. The van der Waals surface area contributed by atoms with Gasteiger partial charge in [-0.25, -0.2) is 0 Å². The molecule has 0 aliphatic rings. The molecule has 5 heteroatoms. The lowest BCUT2D eigenvalue weighted by atomic mass is 10.4. The van der Waals surface area contributed by atoms with Crippen molar-refractivity contribution in [2.45, 2.75) is 0 Å². The molecule has 1 N–H and O–H groups in total. The number of thioether (sulfide) groups is 1. The Morgan fingerprint density at radius 1 is 1.75 bits per heavy atom. The van der Waals surface area contributed by atoms with E-state index in [4.69, 9.17) is 12.2 Å². The Labute approximate surface area is 84.4 Å². The van der Waals surface area contributed by atoms with Gasteiger partial charge in [0, 0.05) is 0 Å². The molecule has 12 heavy (non-hydrogen) atoms. The molecule has 0 radical (unpaired) electrons. The lowest BCUT2D eigenvalue weighted by molar-refractivity contribution is 0.0982. The number of hydrogen-bond donors (Lipinski definition) is 1. The van der Waals surface area contributed by atoms with Gasteiger partial charge in [-0.2, -0.15) is 0 Å². The maximum atomic E-state index is 11.3. The summed E-state index contributed by atoms with van der Waals surface area (Å²) in [5, 5.41) is 4.46. The summed E-state index contributed by atoms with van der Waals surface area (Å²) in [6, 6.07) is 3.60. The van der Waals surface area contributed by atoms with Crippen LogP contribution in [0.5, 0.6) is 0 Å². The quantitative estimate of drug-likeness (QED) is 0.731. The average molecular weight is 217 g/mol. The van der Waals surface area contributed by atoms with Crippen LogP contribution in [0.4, 0.5) is 0 Å². The van der Waals surface area contributed by atoms with Crippen LogP contribution in [0.25, 0.3) is 0 Å². The predicted molar refractivity (Wildman–Crippen MR) is 57.9 cm³/mol. The average Bonchev–Trinajstić information content (AvgIpc) is 2.56. The summed E-state index contributed by atoms with van der Waals surface area (Å²) in [5.74, 6) is -0.121. The highest BCUT2D eigenvalue weighted by Gasteiger charge is 2.06. The molecule has 1 amide bonds. The van der Waals surface area contributed by atoms with Crippen molar-refractivity contribution in [2.75, 3.05) is 6.26 Å². The van der Waals surface area contributed by atoms with Gasteiger partial charge in [-0.1, -0.05) is 18.3 Å². The molecule has 1 aromatic heterocycles. The Hall–Kier alpha value is -0.390. The Kier molecular flexibility index (Phi) is 3.71. The van der Waals surface area contributed by atoms with Crippen LogP contribution in [-0.2, 0) is 0 Å². The van der Waals surface area contributed by atoms with Gasteiger partial charge in [-0.05, 0) is 17.7 Å². The zero-order valence-corrected chi connectivity index (χ0v) is 8.81. The Morgan fingerprint density at radius 3 is 3.00 bits per heavy atom. The zero-order valence-electron chi connectivity index (χ0n) is 6.37. The van der Waals surface area contributed by atoms with Crippen LogP contribution in [-0.4, -0.2) is 16.5 Å². The summed E-state index contributed by atoms with van der Waals surface area (Å²) in [6.45, 7) is 0. The monoisotopic (exact) mass is 217 g/mol. The van der Waals surface area contributed by atoms with E-state index in [1.165, 1.54) is 23.1 Å². The number of amides is 1. The molecule has 0 fully saturated rings. The third kappa shape index (κ3) is 2.58. The molecule has 0 spiro atoms. The van der Waals surface area contributed by atoms with Gasteiger partial charge < -0.3 is 5.32 Å². The number of hydrogen-bond acceptors (Lipinski definition) is 4. The molecule has 0 unspecified atom stereocenters. The first-order valence-corrected chi connectivity index (χ1v) is 5.68. The van der Waals surface area contributed by atoms with Crippen molar-refractivity contribution in [3.8, 4) is 0 Å². The molecule has 1 aromatic rings. The second-order valence-electron chi connectivity index (χ2n) is 1.92. The summed E-state index contributed by atoms with van der Waals surface area (Å²) in [4.78, 5) is 12.0. The van der Waals surface area contributed by atoms with Crippen LogP contribution in [0.15, 0.2) is 17.5 Å². The second-order valence-corrected chi connectivity index (χ2v) is 4.35. The molecule has 0 saturated heterocycles. The van der Waals surface area contributed by atoms with E-state index in [0.29, 0.717) is 9.20 Å². The van der Waals surface area contributed by atoms with E-state index in [1.807, 2.05) is 17.7 Å². The number of rotatable bonds is 1. The first-order chi connectivity index (χ1) is 5.74. The number of thiocarbonyl (C=S) groups is 1. The maximum absolute atomic E-state index is 11.3. The van der Waals surface area contributed by atoms with E-state index >= 15 is 0 Å². The molecule has 0 aliphatic heterocycles. The highest BCUT2D eigenvalue weighted by Crippen LogP contribution is 2.08. The van der Waals surface area contributed by atoms with Crippen LogP contribution in [0.1, 0.15) is 9.67 Å². The molecule has 2 nitrogen and oxygen atoms in total. The van der Waals surface area contributed by atoms with Crippen LogP contribution >= 0.6 is 35.3 Å². The first kappa shape index (κ1) is 9.70. The van der Waals surface area contributed by atoms with Crippen molar-refractivity contribution < 1.29 is 4.79 Å². The fourth-order valence-corrected chi connectivity index (χ4v) is 1.52. The second kappa shape index (κ2) is 4.59. The molecular formula is C7H7NOS3. The summed E-state index contributed by atoms with van der Waals surface area (Å²) in [6.07, 6.45) is 1.83. The topological polar surface area (TPSA) is 29.1 Å². The summed E-state index contributed by atoms with van der Waals surface area (Å²) >= 11 is 7.60. The maximum Gasteiger partial charge on any atom is 0.266 e. The molecule has 64 valence electrons. The largest absolute Gasteiger partial charge is 0.307 e. The van der Waals surface area contributed by atoms with E-state index < -0.39 is 0 Å². The molecule has 0 atom stereocenters. The van der Waals surface area contributed by atoms with Crippen LogP contribution in [0.2, 0.25) is 0 Å². The standard InChI is InChI=1S/C7H7NOS3/c1-11-7(10)8-6(9)5-3-2-4-12-5/h2-4H,1H3,(H,8,9,10). The number of carbonyl (C=O) groups excluding carboxylic acids is 1. The van der Waals surface area contributed by atoms with E-state index in [-0.39, 0.29) is 5.91 Å². The SMILES string of the molecule is CSC(=S)NC(=O)c1cccs1. The van der Waals surface area contributed by atoms with E-state index in [2.05, 4.69) is 5.32 Å². The van der Waals surface area contributed by atoms with Gasteiger partial charge in [-0.3, -0.25) is 4.79 Å². The van der Waals surface area contributed by atoms with Gasteiger partial charge in [0.15, 0.2) is 0 Å². The number of carbonyl (C=O) groups is 1. The Bertz CT molecular complexity index is 281. The molecular weight excluding hydrogens is 210 g/mol. The molecule has 0 saturated carbocycles. The van der Waals surface area contributed by atoms with Gasteiger partial charge in [0.2, 0.25) is 0 Å². The van der Waals surface area contributed by atoms with Crippen LogP contribution in [0.3, 0.4) is 0 Å².